The number of thioether (sulfide) groups is 1. The van der Waals surface area contributed by atoms with Gasteiger partial charge in [-0.05, 0) is 30.5 Å². The van der Waals surface area contributed by atoms with Crippen LogP contribution in [0, 0.1) is 0 Å². The van der Waals surface area contributed by atoms with Crippen LogP contribution in [-0.4, -0.2) is 22.6 Å². The predicted molar refractivity (Wildman–Crippen MR) is 75.2 cm³/mol. The summed E-state index contributed by atoms with van der Waals surface area (Å²) in [5, 5.41) is 3.68. The van der Waals surface area contributed by atoms with Crippen LogP contribution in [0.2, 0.25) is 5.15 Å². The number of hydrogen-bond acceptors (Lipinski definition) is 5. The molecule has 0 amide bonds. The number of anilines is 2. The Balaban J connectivity index is 2.11. The highest BCUT2D eigenvalue weighted by Gasteiger charge is 2.30. The van der Waals surface area contributed by atoms with E-state index in [1.54, 1.807) is 6.26 Å². The van der Waals surface area contributed by atoms with Gasteiger partial charge in [0.25, 0.3) is 0 Å². The van der Waals surface area contributed by atoms with Gasteiger partial charge in [-0.25, -0.2) is 9.97 Å². The van der Waals surface area contributed by atoms with Gasteiger partial charge >= 0.3 is 6.36 Å². The Hall–Kier alpha value is -1.67. The van der Waals surface area contributed by atoms with Crippen molar-refractivity contribution in [3.8, 4) is 5.75 Å². The standard InChI is InChI=1S/C12H9ClF3N3OS/c1-21-11-18-9(13)6-10(19-11)17-7-2-4-8(5-3-7)20-12(14,15)16/h2-6H,1H3,(H,17,18,19). The van der Waals surface area contributed by atoms with Crippen molar-refractivity contribution in [3.63, 3.8) is 0 Å². The normalized spacial score (nSPS) is 11.3. The maximum atomic E-state index is 12.0. The van der Waals surface area contributed by atoms with Crippen LogP contribution in [0.3, 0.4) is 0 Å². The summed E-state index contributed by atoms with van der Waals surface area (Å²) in [7, 11) is 0. The van der Waals surface area contributed by atoms with Crippen LogP contribution in [0.4, 0.5) is 24.7 Å². The first-order valence-electron chi connectivity index (χ1n) is 5.57. The Morgan fingerprint density at radius 1 is 1.19 bits per heavy atom. The molecule has 0 bridgehead atoms. The van der Waals surface area contributed by atoms with Gasteiger partial charge in [-0.2, -0.15) is 0 Å². The molecule has 4 nitrogen and oxygen atoms in total. The molecule has 0 saturated heterocycles. The lowest BCUT2D eigenvalue weighted by molar-refractivity contribution is -0.274. The summed E-state index contributed by atoms with van der Waals surface area (Å²) in [6.07, 6.45) is -2.90. The summed E-state index contributed by atoms with van der Waals surface area (Å²) in [4.78, 5) is 8.15. The lowest BCUT2D eigenvalue weighted by atomic mass is 10.3. The highest BCUT2D eigenvalue weighted by atomic mass is 35.5. The van der Waals surface area contributed by atoms with E-state index >= 15 is 0 Å². The number of hydrogen-bond donors (Lipinski definition) is 1. The Labute approximate surface area is 127 Å². The highest BCUT2D eigenvalue weighted by molar-refractivity contribution is 7.98. The molecule has 1 heterocycles. The number of nitrogens with zero attached hydrogens (tertiary/aromatic N) is 2. The van der Waals surface area contributed by atoms with Crippen molar-refractivity contribution in [2.24, 2.45) is 0 Å². The van der Waals surface area contributed by atoms with Crippen molar-refractivity contribution >= 4 is 34.9 Å². The third kappa shape index (κ3) is 4.98. The molecule has 0 aliphatic heterocycles. The molecule has 1 aromatic carbocycles. The molecule has 0 saturated carbocycles. The zero-order chi connectivity index (χ0) is 15.5. The second-order valence-electron chi connectivity index (χ2n) is 3.76. The van der Waals surface area contributed by atoms with E-state index in [0.717, 1.165) is 0 Å². The molecule has 0 spiro atoms. The Kier molecular flexibility index (Phi) is 4.79. The van der Waals surface area contributed by atoms with E-state index in [0.29, 0.717) is 16.7 Å². The van der Waals surface area contributed by atoms with Crippen molar-refractivity contribution in [1.29, 1.82) is 0 Å². The number of nitrogens with one attached hydrogen (secondary N) is 1. The van der Waals surface area contributed by atoms with Crippen LogP contribution >= 0.6 is 23.4 Å². The smallest absolute Gasteiger partial charge is 0.406 e. The molecular weight excluding hydrogens is 327 g/mol. The molecule has 1 aromatic heterocycles. The summed E-state index contributed by atoms with van der Waals surface area (Å²) in [5.41, 5.74) is 0.548. The van der Waals surface area contributed by atoms with Gasteiger partial charge in [0, 0.05) is 11.8 Å². The van der Waals surface area contributed by atoms with E-state index in [1.807, 2.05) is 0 Å². The van der Waals surface area contributed by atoms with Crippen LogP contribution in [0.15, 0.2) is 35.5 Å². The molecule has 9 heteroatoms. The number of halogens is 4. The molecular formula is C12H9ClF3N3OS. The summed E-state index contributed by atoms with van der Waals surface area (Å²) in [6.45, 7) is 0. The molecule has 2 rings (SSSR count). The zero-order valence-corrected chi connectivity index (χ0v) is 12.2. The number of alkyl halides is 3. The fraction of sp³-hybridized carbons (Fsp3) is 0.167. The van der Waals surface area contributed by atoms with E-state index < -0.39 is 6.36 Å². The fourth-order valence-corrected chi connectivity index (χ4v) is 2.05. The minimum atomic E-state index is -4.71. The van der Waals surface area contributed by atoms with Crippen molar-refractivity contribution < 1.29 is 17.9 Å². The van der Waals surface area contributed by atoms with Gasteiger partial charge in [-0.3, -0.25) is 0 Å². The molecule has 0 radical (unpaired) electrons. The zero-order valence-electron chi connectivity index (χ0n) is 10.6. The van der Waals surface area contributed by atoms with Crippen molar-refractivity contribution in [1.82, 2.24) is 9.97 Å². The average Bonchev–Trinajstić information content (AvgIpc) is 2.38. The van der Waals surface area contributed by atoms with E-state index in [9.17, 15) is 13.2 Å². The Morgan fingerprint density at radius 3 is 2.43 bits per heavy atom. The van der Waals surface area contributed by atoms with Gasteiger partial charge in [0.1, 0.15) is 16.7 Å². The summed E-state index contributed by atoms with van der Waals surface area (Å²) in [5.74, 6) is 0.155. The maximum Gasteiger partial charge on any atom is 0.573 e. The third-order valence-electron chi connectivity index (χ3n) is 2.22. The molecule has 0 unspecified atom stereocenters. The lowest BCUT2D eigenvalue weighted by Gasteiger charge is -2.10. The molecule has 0 aliphatic carbocycles. The van der Waals surface area contributed by atoms with Gasteiger partial charge < -0.3 is 10.1 Å². The SMILES string of the molecule is CSc1nc(Cl)cc(Nc2ccc(OC(F)(F)F)cc2)n1. The van der Waals surface area contributed by atoms with Crippen molar-refractivity contribution in [2.45, 2.75) is 11.5 Å². The Morgan fingerprint density at radius 2 is 1.86 bits per heavy atom. The highest BCUT2D eigenvalue weighted by Crippen LogP contribution is 2.26. The average molecular weight is 336 g/mol. The molecule has 1 N–H and O–H groups in total. The van der Waals surface area contributed by atoms with Crippen LogP contribution in [0.25, 0.3) is 0 Å². The van der Waals surface area contributed by atoms with Crippen LogP contribution in [0.1, 0.15) is 0 Å². The first-order valence-corrected chi connectivity index (χ1v) is 7.17. The topological polar surface area (TPSA) is 47.0 Å². The minimum absolute atomic E-state index is 0.272. The minimum Gasteiger partial charge on any atom is -0.406 e. The second-order valence-corrected chi connectivity index (χ2v) is 4.92. The molecule has 2 aromatic rings. The van der Waals surface area contributed by atoms with Gasteiger partial charge in [-0.1, -0.05) is 23.4 Å². The lowest BCUT2D eigenvalue weighted by Crippen LogP contribution is -2.16. The quantitative estimate of drug-likeness (QED) is 0.506. The predicted octanol–water partition coefficient (Wildman–Crippen LogP) is 4.49. The molecule has 112 valence electrons. The van der Waals surface area contributed by atoms with Gasteiger partial charge in [0.2, 0.25) is 0 Å². The fourth-order valence-electron chi connectivity index (χ4n) is 1.44. The van der Waals surface area contributed by atoms with Gasteiger partial charge in [-0.15, -0.1) is 13.2 Å². The molecule has 0 fully saturated rings. The second kappa shape index (κ2) is 6.40. The summed E-state index contributed by atoms with van der Waals surface area (Å²) >= 11 is 7.17. The molecule has 21 heavy (non-hydrogen) atoms. The molecule has 0 atom stereocenters. The van der Waals surface area contributed by atoms with Gasteiger partial charge in [0.15, 0.2) is 5.16 Å². The summed E-state index contributed by atoms with van der Waals surface area (Å²) in [6, 6.07) is 6.80. The summed E-state index contributed by atoms with van der Waals surface area (Å²) < 4.78 is 39.9. The third-order valence-corrected chi connectivity index (χ3v) is 2.96. The van der Waals surface area contributed by atoms with Crippen LogP contribution < -0.4 is 10.1 Å². The first kappa shape index (κ1) is 15.7. The van der Waals surface area contributed by atoms with Crippen LogP contribution in [0.5, 0.6) is 5.75 Å². The largest absolute Gasteiger partial charge is 0.573 e. The maximum absolute atomic E-state index is 12.0. The monoisotopic (exact) mass is 335 g/mol. The number of rotatable bonds is 4. The Bertz CT molecular complexity index is 622. The number of ether oxygens (including phenoxy) is 1. The first-order chi connectivity index (χ1) is 9.85. The van der Waals surface area contributed by atoms with E-state index in [-0.39, 0.29) is 10.9 Å². The van der Waals surface area contributed by atoms with Crippen LogP contribution in [-0.2, 0) is 0 Å². The molecule has 0 aliphatic rings. The number of aromatic nitrogens is 2. The van der Waals surface area contributed by atoms with E-state index in [1.165, 1.54) is 42.1 Å². The van der Waals surface area contributed by atoms with Crippen molar-refractivity contribution in [3.05, 3.63) is 35.5 Å². The van der Waals surface area contributed by atoms with E-state index in [4.69, 9.17) is 11.6 Å². The van der Waals surface area contributed by atoms with Crippen molar-refractivity contribution in [2.75, 3.05) is 11.6 Å². The number of benzene rings is 1. The van der Waals surface area contributed by atoms with Gasteiger partial charge in [0.05, 0.1) is 0 Å². The van der Waals surface area contributed by atoms with E-state index in [2.05, 4.69) is 20.0 Å².